The third kappa shape index (κ3) is 40.5. The molecule has 0 radical (unpaired) electrons. The van der Waals surface area contributed by atoms with Crippen LogP contribution in [0.15, 0.2) is 146 Å². The summed E-state index contributed by atoms with van der Waals surface area (Å²) in [6.45, 7) is 36.8. The topological polar surface area (TPSA) is 306 Å². The van der Waals surface area contributed by atoms with E-state index in [4.69, 9.17) is 19.3 Å². The van der Waals surface area contributed by atoms with Crippen molar-refractivity contribution >= 4 is 53.2 Å². The van der Waals surface area contributed by atoms with Crippen molar-refractivity contribution in [1.29, 1.82) is 0 Å². The Morgan fingerprint density at radius 1 is 0.365 bits per heavy atom. The first-order valence-corrected chi connectivity index (χ1v) is 45.1. The molecule has 0 saturated carbocycles. The van der Waals surface area contributed by atoms with E-state index in [1.165, 1.54) is 11.4 Å². The number of hydrazine groups is 3. The number of rotatable bonds is 48. The van der Waals surface area contributed by atoms with Crippen LogP contribution in [-0.4, -0.2) is 214 Å². The minimum Gasteiger partial charge on any atom is -0.390 e. The minimum atomic E-state index is -1.00. The van der Waals surface area contributed by atoms with E-state index in [9.17, 15) is 58.5 Å². The predicted octanol–water partition coefficient (Wildman–Crippen LogP) is 13.5. The molecular weight excluding hydrogens is 1590 g/mol. The second-order valence-corrected chi connectivity index (χ2v) is 33.0. The van der Waals surface area contributed by atoms with Crippen LogP contribution >= 0.6 is 0 Å². The number of aliphatic hydroxyl groups excluding tert-OH is 3. The lowest BCUT2D eigenvalue weighted by atomic mass is 9.99. The van der Waals surface area contributed by atoms with Gasteiger partial charge in [0.05, 0.1) is 36.4 Å². The Kier molecular flexibility index (Phi) is 52.5. The molecule has 0 aromatic heterocycles. The Labute approximate surface area is 752 Å². The number of terminal acetylenes is 3. The average molecular weight is 1730 g/mol. The zero-order chi connectivity index (χ0) is 93.8. The third-order valence-corrected chi connectivity index (χ3v) is 19.9. The summed E-state index contributed by atoms with van der Waals surface area (Å²) in [5, 5.41) is 47.7. The highest BCUT2D eigenvalue weighted by Gasteiger charge is 2.31. The van der Waals surface area contributed by atoms with Crippen LogP contribution in [0.4, 0.5) is 0 Å². The lowest BCUT2D eigenvalue weighted by molar-refractivity contribution is -0.130. The van der Waals surface area contributed by atoms with Crippen molar-refractivity contribution in [2.75, 3.05) is 79.0 Å². The van der Waals surface area contributed by atoms with Crippen LogP contribution in [0.3, 0.4) is 0 Å². The Morgan fingerprint density at radius 2 is 0.651 bits per heavy atom. The second kappa shape index (κ2) is 60.6. The summed E-state index contributed by atoms with van der Waals surface area (Å²) in [6, 6.07) is 41.0. The molecule has 686 valence electrons. The van der Waals surface area contributed by atoms with E-state index in [1.54, 1.807) is 86.4 Å². The first-order chi connectivity index (χ1) is 60.2. The van der Waals surface area contributed by atoms with E-state index in [0.717, 1.165) is 68.1 Å². The number of amides is 9. The number of benzene rings is 6. The maximum absolute atomic E-state index is 13.6. The molecule has 0 fully saturated rings. The first-order valence-electron chi connectivity index (χ1n) is 45.1. The molecule has 6 unspecified atom stereocenters. The van der Waals surface area contributed by atoms with Gasteiger partial charge >= 0.3 is 0 Å². The van der Waals surface area contributed by atoms with E-state index in [1.807, 2.05) is 181 Å². The standard InChI is InChI=1S/C34H48N4O4.C33H46N4O4.C32H44N4O4.C3H8/c1-7-11-19-38(36-32(40)25(5)6)24-31(39)30(22-27-15-13-12-14-16-27)35-33(41)28-20-26(10-4)21-29(23-28)34(42)37(17-8-2)18-9-3;1-7-16-36(17-8-2)33(41)28-20-25(9-3)19-27(22-28)32(40)34-29(21-26-14-12-11-13-15-26)30(38)23-37(10-4)35-31(39)18-24(5)6;1-7-15-36(16-8-2)32(40)27-19-24(9-3)18-26(21-27)31(39)33-28(20-25-13-11-10-12-14-25)29(37)22-35(6)34-30(38)17-23(4)5;1-3-2/h4,12-16,20-21,23,25,30-31,39H,7-9,11,17-19,22,24H2,1-3,5-6H3,(H,35,41)(H,36,40);3,11-15,19-20,22,24,29-30,38H,7-8,10,16-18,21,23H2,1-2,4-6H3,(H,34,40)(H,35,39);3,10-14,18-19,21,23,28-29,37H,7-8,15-17,20,22H2,1-2,4-6H3,(H,33,39)(H,34,38);3H2,1-2H3. The summed E-state index contributed by atoms with van der Waals surface area (Å²) in [6.07, 6.45) is 23.8. The molecule has 0 spiro atoms. The van der Waals surface area contributed by atoms with Crippen LogP contribution in [0.25, 0.3) is 0 Å². The van der Waals surface area contributed by atoms with Gasteiger partial charge in [-0.15, -0.1) is 19.3 Å². The fourth-order valence-corrected chi connectivity index (χ4v) is 13.7. The fraction of sp³-hybridized carbons (Fsp3) is 0.500. The van der Waals surface area contributed by atoms with E-state index < -0.39 is 54.2 Å². The minimum absolute atomic E-state index is 0.0960. The molecule has 9 amide bonds. The van der Waals surface area contributed by atoms with Gasteiger partial charge in [-0.3, -0.25) is 59.4 Å². The maximum Gasteiger partial charge on any atom is 0.253 e. The molecule has 6 aromatic rings. The number of likely N-dealkylation sites (N-methyl/N-ethyl adjacent to an activating group) is 2. The zero-order valence-corrected chi connectivity index (χ0v) is 78.2. The van der Waals surface area contributed by atoms with Gasteiger partial charge in [0.25, 0.3) is 35.4 Å². The number of carbonyl (C=O) groups excluding carboxylic acids is 9. The molecule has 0 aliphatic rings. The molecule has 24 nitrogen and oxygen atoms in total. The molecule has 9 N–H and O–H groups in total. The van der Waals surface area contributed by atoms with Gasteiger partial charge in [0, 0.05) is 148 Å². The quantitative estimate of drug-likeness (QED) is 0.0127. The van der Waals surface area contributed by atoms with Crippen molar-refractivity contribution in [3.8, 4) is 37.0 Å². The smallest absolute Gasteiger partial charge is 0.253 e. The van der Waals surface area contributed by atoms with Crippen molar-refractivity contribution in [3.63, 3.8) is 0 Å². The van der Waals surface area contributed by atoms with Crippen molar-refractivity contribution in [3.05, 3.63) is 212 Å². The third-order valence-electron chi connectivity index (χ3n) is 19.9. The van der Waals surface area contributed by atoms with E-state index in [-0.39, 0.29) is 89.5 Å². The molecule has 0 aliphatic heterocycles. The lowest BCUT2D eigenvalue weighted by Gasteiger charge is -2.31. The maximum atomic E-state index is 13.6. The second-order valence-electron chi connectivity index (χ2n) is 33.0. The van der Waals surface area contributed by atoms with E-state index in [0.29, 0.717) is 118 Å². The Morgan fingerprint density at radius 3 is 0.921 bits per heavy atom. The lowest BCUT2D eigenvalue weighted by Crippen LogP contribution is -2.54. The summed E-state index contributed by atoms with van der Waals surface area (Å²) >= 11 is 0. The summed E-state index contributed by atoms with van der Waals surface area (Å²) < 4.78 is 0. The van der Waals surface area contributed by atoms with Gasteiger partial charge in [0.1, 0.15) is 0 Å². The van der Waals surface area contributed by atoms with Gasteiger partial charge in [0.15, 0.2) is 0 Å². The number of hydrogen-bond acceptors (Lipinski definition) is 15. The van der Waals surface area contributed by atoms with Crippen LogP contribution in [0.1, 0.15) is 277 Å². The molecule has 126 heavy (non-hydrogen) atoms. The highest BCUT2D eigenvalue weighted by Crippen LogP contribution is 2.21. The molecule has 0 aliphatic carbocycles. The van der Waals surface area contributed by atoms with Gasteiger partial charge in [0.2, 0.25) is 17.7 Å². The van der Waals surface area contributed by atoms with Crippen LogP contribution in [0.5, 0.6) is 0 Å². The van der Waals surface area contributed by atoms with Crippen LogP contribution < -0.4 is 32.2 Å². The Balaban J connectivity index is 0.000000480. The molecule has 0 bridgehead atoms. The fourth-order valence-electron chi connectivity index (χ4n) is 13.7. The van der Waals surface area contributed by atoms with Crippen molar-refractivity contribution in [2.24, 2.45) is 17.8 Å². The molecule has 6 aromatic carbocycles. The van der Waals surface area contributed by atoms with E-state index >= 15 is 0 Å². The van der Waals surface area contributed by atoms with Gasteiger partial charge in [-0.2, -0.15) is 0 Å². The molecular formula is C102H146N12O12. The SMILES string of the molecule is C#Cc1cc(C(=O)NC(Cc2ccccc2)C(O)CN(C)NC(=O)CC(C)C)cc(C(=O)N(CCC)CCC)c1.C#Cc1cc(C(=O)NC(Cc2ccccc2)C(O)CN(CC)NC(=O)CC(C)C)cc(C(=O)N(CCC)CCC)c1.C#Cc1cc(C(=O)NC(Cc2ccccc2)C(O)CN(CCCC)NC(=O)C(C)C)cc(C(=O)N(CCC)CCC)c1.CCC. The number of hydrogen-bond donors (Lipinski definition) is 9. The summed E-state index contributed by atoms with van der Waals surface area (Å²) in [5.41, 5.74) is 14.5. The van der Waals surface area contributed by atoms with Gasteiger partial charge in [-0.05, 0) is 147 Å². The number of aliphatic hydroxyl groups is 3. The molecule has 24 heteroatoms. The van der Waals surface area contributed by atoms with Crippen LogP contribution in [0, 0.1) is 54.8 Å². The summed E-state index contributed by atoms with van der Waals surface area (Å²) in [7, 11) is 1.68. The predicted molar refractivity (Wildman–Crippen MR) is 505 cm³/mol. The molecule has 0 saturated heterocycles. The molecule has 6 rings (SSSR count). The highest BCUT2D eigenvalue weighted by molar-refractivity contribution is 6.02. The monoisotopic (exact) mass is 1730 g/mol. The zero-order valence-electron chi connectivity index (χ0n) is 78.2. The van der Waals surface area contributed by atoms with Crippen molar-refractivity contribution in [1.82, 2.24) is 62.0 Å². The number of nitrogens with one attached hydrogen (secondary N) is 6. The van der Waals surface area contributed by atoms with E-state index in [2.05, 4.69) is 70.8 Å². The summed E-state index contributed by atoms with van der Waals surface area (Å²) in [5.74, 6) is 5.62. The number of unbranched alkanes of at least 4 members (excludes halogenated alkanes) is 1. The Bertz CT molecular complexity index is 4410. The number of nitrogens with zero attached hydrogens (tertiary/aromatic N) is 6. The van der Waals surface area contributed by atoms with Gasteiger partial charge in [-0.25, -0.2) is 15.0 Å². The normalized spacial score (nSPS) is 12.3. The Hall–Kier alpha value is -11.0. The highest BCUT2D eigenvalue weighted by atomic mass is 16.3. The number of carbonyl (C=O) groups is 9. The first kappa shape index (κ1) is 109. The van der Waals surface area contributed by atoms with Crippen LogP contribution in [0.2, 0.25) is 0 Å². The van der Waals surface area contributed by atoms with Crippen molar-refractivity contribution in [2.45, 2.75) is 237 Å². The van der Waals surface area contributed by atoms with Gasteiger partial charge < -0.3 is 46.0 Å². The average Bonchev–Trinajstić information content (AvgIpc) is 0.828. The van der Waals surface area contributed by atoms with Crippen LogP contribution in [-0.2, 0) is 33.6 Å². The summed E-state index contributed by atoms with van der Waals surface area (Å²) in [4.78, 5) is 123. The molecule has 0 heterocycles. The van der Waals surface area contributed by atoms with Gasteiger partial charge in [-0.1, -0.05) is 232 Å². The largest absolute Gasteiger partial charge is 0.390 e. The van der Waals surface area contributed by atoms with Crippen molar-refractivity contribution < 1.29 is 58.5 Å². The molecule has 6 atom stereocenters.